The van der Waals surface area contributed by atoms with Crippen LogP contribution in [0.1, 0.15) is 37.7 Å². The topological polar surface area (TPSA) is 56.8 Å². The van der Waals surface area contributed by atoms with Crippen LogP contribution in [0, 0.1) is 17.9 Å². The molecule has 2 heterocycles. The summed E-state index contributed by atoms with van der Waals surface area (Å²) in [5, 5.41) is 8.29. The van der Waals surface area contributed by atoms with Gasteiger partial charge in [0.05, 0.1) is 26.7 Å². The molecule has 0 aromatic carbocycles. The molecule has 1 N–H and O–H groups in total. The average molecular weight is 314 g/mol. The van der Waals surface area contributed by atoms with E-state index in [0.717, 1.165) is 0 Å². The zero-order valence-electron chi connectivity index (χ0n) is 12.7. The fraction of sp³-hybridized carbons (Fsp3) is 0.643. The van der Waals surface area contributed by atoms with Crippen molar-refractivity contribution in [2.75, 3.05) is 26.7 Å². The average Bonchev–Trinajstić information content (AvgIpc) is 3.05. The quantitative estimate of drug-likeness (QED) is 0.671. The predicted octanol–water partition coefficient (Wildman–Crippen LogP) is 3.49. The van der Waals surface area contributed by atoms with E-state index in [9.17, 15) is 13.2 Å². The summed E-state index contributed by atoms with van der Waals surface area (Å²) in [5.41, 5.74) is -0.540. The molecule has 1 saturated heterocycles. The monoisotopic (exact) mass is 314 g/mol. The number of aromatic nitrogens is 2. The van der Waals surface area contributed by atoms with Crippen LogP contribution >= 0.6 is 0 Å². The number of hydrogen-bond acceptors (Lipinski definition) is 2. The van der Waals surface area contributed by atoms with Crippen molar-refractivity contribution < 1.29 is 17.7 Å². The van der Waals surface area contributed by atoms with E-state index in [2.05, 4.69) is 23.8 Å². The lowest BCUT2D eigenvalue weighted by Crippen LogP contribution is -2.41. The molecule has 8 heteroatoms. The molecule has 1 aliphatic heterocycles. The molecule has 120 valence electrons. The molecule has 0 aliphatic carbocycles. The van der Waals surface area contributed by atoms with Crippen molar-refractivity contribution >= 4 is 5.82 Å². The second-order valence-corrected chi connectivity index (χ2v) is 5.50. The molecule has 0 amide bonds. The number of quaternary nitrogens is 1. The highest BCUT2D eigenvalue weighted by atomic mass is 19.4. The Morgan fingerprint density at radius 1 is 1.41 bits per heavy atom. The number of rotatable bonds is 2. The number of likely N-dealkylation sites (tertiary alicyclic amines) is 1. The van der Waals surface area contributed by atoms with Gasteiger partial charge in [0.2, 0.25) is 0 Å². The zero-order chi connectivity index (χ0) is 16.8. The van der Waals surface area contributed by atoms with Crippen molar-refractivity contribution in [3.63, 3.8) is 0 Å². The third kappa shape index (κ3) is 4.74. The Kier molecular flexibility index (Phi) is 5.95. The van der Waals surface area contributed by atoms with Gasteiger partial charge >= 0.3 is 6.18 Å². The molecule has 1 aromatic heterocycles. The number of hydrogen-bond donors (Lipinski definition) is 1. The van der Waals surface area contributed by atoms with Gasteiger partial charge in [-0.2, -0.15) is 18.4 Å². The maximum absolute atomic E-state index is 11.9. The van der Waals surface area contributed by atoms with Crippen LogP contribution in [0.4, 0.5) is 19.0 Å². The largest absolute Gasteiger partial charge is 0.471 e. The fourth-order valence-electron chi connectivity index (χ4n) is 2.52. The smallest absolute Gasteiger partial charge is 0.361 e. The zero-order valence-corrected chi connectivity index (χ0v) is 12.7. The van der Waals surface area contributed by atoms with Crippen molar-refractivity contribution in [2.24, 2.45) is 0 Å². The number of nitriles is 1. The van der Waals surface area contributed by atoms with Crippen LogP contribution in [0.25, 0.3) is 4.85 Å². The number of halogens is 3. The van der Waals surface area contributed by atoms with Gasteiger partial charge < -0.3 is 9.33 Å². The molecule has 0 saturated carbocycles. The summed E-state index contributed by atoms with van der Waals surface area (Å²) in [6.45, 7) is 13.0. The molecule has 5 nitrogen and oxygen atoms in total. The molecular weight excluding hydrogens is 295 g/mol. The molecule has 0 spiro atoms. The summed E-state index contributed by atoms with van der Waals surface area (Å²) in [7, 11) is 2.39. The van der Waals surface area contributed by atoms with E-state index in [1.807, 2.05) is 0 Å². The van der Waals surface area contributed by atoms with E-state index in [1.165, 1.54) is 49.4 Å². The summed E-state index contributed by atoms with van der Waals surface area (Å²) in [6.07, 6.45) is -0.405. The first kappa shape index (κ1) is 18.0. The highest BCUT2D eigenvalue weighted by Crippen LogP contribution is 2.29. The van der Waals surface area contributed by atoms with Crippen LogP contribution in [0.2, 0.25) is 0 Å². The van der Waals surface area contributed by atoms with Gasteiger partial charge in [0, 0.05) is 12.8 Å². The summed E-state index contributed by atoms with van der Waals surface area (Å²) in [4.78, 5) is 7.31. The molecule has 2 rings (SSSR count). The second-order valence-electron chi connectivity index (χ2n) is 5.50. The Labute approximate surface area is 127 Å². The van der Waals surface area contributed by atoms with Crippen LogP contribution in [0.15, 0.2) is 0 Å². The summed E-state index contributed by atoms with van der Waals surface area (Å²) < 4.78 is 37.2. The Bertz CT molecular complexity index is 539. The van der Waals surface area contributed by atoms with E-state index >= 15 is 0 Å². The molecule has 0 radical (unpaired) electrons. The SMILES string of the molecule is CCC[N+]1(C)CCCC1.[C-]#[N+]c1[nH]c(C(F)(F)F)nc1C#N. The van der Waals surface area contributed by atoms with E-state index in [0.29, 0.717) is 0 Å². The number of H-pyrrole nitrogens is 1. The van der Waals surface area contributed by atoms with Crippen molar-refractivity contribution in [3.05, 3.63) is 22.9 Å². The van der Waals surface area contributed by atoms with E-state index in [4.69, 9.17) is 11.8 Å². The molecule has 0 atom stereocenters. The van der Waals surface area contributed by atoms with Gasteiger partial charge in [-0.15, -0.1) is 0 Å². The lowest BCUT2D eigenvalue weighted by atomic mass is 10.4. The van der Waals surface area contributed by atoms with Gasteiger partial charge in [0.1, 0.15) is 6.07 Å². The van der Waals surface area contributed by atoms with Crippen LogP contribution in [0.5, 0.6) is 0 Å². The first-order valence-corrected chi connectivity index (χ1v) is 7.04. The summed E-state index contributed by atoms with van der Waals surface area (Å²) in [6, 6.07) is 1.38. The van der Waals surface area contributed by atoms with Crippen molar-refractivity contribution in [1.29, 1.82) is 5.26 Å². The Morgan fingerprint density at radius 3 is 2.36 bits per heavy atom. The first-order valence-electron chi connectivity index (χ1n) is 7.04. The van der Waals surface area contributed by atoms with Crippen LogP contribution in [-0.4, -0.2) is 41.1 Å². The summed E-state index contributed by atoms with van der Waals surface area (Å²) >= 11 is 0. The van der Waals surface area contributed by atoms with Gasteiger partial charge in [0.25, 0.3) is 11.6 Å². The predicted molar refractivity (Wildman–Crippen MR) is 74.9 cm³/mol. The van der Waals surface area contributed by atoms with Crippen LogP contribution < -0.4 is 0 Å². The molecule has 22 heavy (non-hydrogen) atoms. The van der Waals surface area contributed by atoms with Gasteiger partial charge in [-0.05, 0) is 6.42 Å². The summed E-state index contributed by atoms with van der Waals surface area (Å²) in [5.74, 6) is -1.81. The third-order valence-electron chi connectivity index (χ3n) is 3.58. The fourth-order valence-corrected chi connectivity index (χ4v) is 2.52. The van der Waals surface area contributed by atoms with Gasteiger partial charge in [-0.3, -0.25) is 4.98 Å². The Morgan fingerprint density at radius 2 is 2.00 bits per heavy atom. The van der Waals surface area contributed by atoms with Crippen LogP contribution in [-0.2, 0) is 6.18 Å². The van der Waals surface area contributed by atoms with E-state index in [1.54, 1.807) is 4.98 Å². The minimum atomic E-state index is -4.66. The first-order chi connectivity index (χ1) is 10.3. The molecule has 1 aliphatic rings. The number of alkyl halides is 3. The second kappa shape index (κ2) is 7.28. The third-order valence-corrected chi connectivity index (χ3v) is 3.58. The number of imidazole rings is 1. The standard InChI is InChI=1S/C8H18N.C6HF3N4/c1-3-6-9(2)7-4-5-8-9;1-11-4-3(2-10)12-5(13-4)6(7,8)9/h3-8H2,1-2H3;(H,12,13)/q+1;. The van der Waals surface area contributed by atoms with E-state index < -0.39 is 23.5 Å². The Balaban J connectivity index is 0.000000235. The lowest BCUT2D eigenvalue weighted by molar-refractivity contribution is -0.897. The molecule has 1 aromatic rings. The molecule has 0 unspecified atom stereocenters. The number of nitrogens with zero attached hydrogens (tertiary/aromatic N) is 4. The van der Waals surface area contributed by atoms with Crippen LogP contribution in [0.3, 0.4) is 0 Å². The highest BCUT2D eigenvalue weighted by molar-refractivity contribution is 5.49. The van der Waals surface area contributed by atoms with Crippen molar-refractivity contribution in [3.8, 4) is 6.07 Å². The molecule has 1 fully saturated rings. The lowest BCUT2D eigenvalue weighted by Gasteiger charge is -2.28. The number of nitrogens with one attached hydrogen (secondary N) is 1. The molecular formula is C14H19F3N5+. The molecule has 0 bridgehead atoms. The normalized spacial score (nSPS) is 16.3. The van der Waals surface area contributed by atoms with E-state index in [-0.39, 0.29) is 0 Å². The minimum Gasteiger partial charge on any atom is -0.361 e. The maximum atomic E-state index is 11.9. The van der Waals surface area contributed by atoms with Gasteiger partial charge in [-0.1, -0.05) is 13.5 Å². The minimum absolute atomic E-state index is 0.491. The van der Waals surface area contributed by atoms with Crippen molar-refractivity contribution in [2.45, 2.75) is 32.4 Å². The Hall–Kier alpha value is -2.06. The van der Waals surface area contributed by atoms with Gasteiger partial charge in [0.15, 0.2) is 5.69 Å². The number of aromatic amines is 1. The van der Waals surface area contributed by atoms with Gasteiger partial charge in [-0.25, -0.2) is 4.98 Å². The maximum Gasteiger partial charge on any atom is 0.471 e. The highest BCUT2D eigenvalue weighted by Gasteiger charge is 2.38. The van der Waals surface area contributed by atoms with Crippen molar-refractivity contribution in [1.82, 2.24) is 9.97 Å².